The topological polar surface area (TPSA) is 60.7 Å². The van der Waals surface area contributed by atoms with Crippen molar-refractivity contribution in [2.45, 2.75) is 78.1 Å². The summed E-state index contributed by atoms with van der Waals surface area (Å²) in [6.45, 7) is 12.5. The summed E-state index contributed by atoms with van der Waals surface area (Å²) in [5.74, 6) is 0.0396. The van der Waals surface area contributed by atoms with E-state index in [1.807, 2.05) is 6.92 Å². The van der Waals surface area contributed by atoms with Crippen molar-refractivity contribution in [3.63, 3.8) is 0 Å². The summed E-state index contributed by atoms with van der Waals surface area (Å²) in [6.07, 6.45) is 4.24. The lowest BCUT2D eigenvalue weighted by atomic mass is 9.46. The molecule has 0 aromatic rings. The highest BCUT2D eigenvalue weighted by Gasteiger charge is 2.59. The van der Waals surface area contributed by atoms with Gasteiger partial charge in [0.2, 0.25) is 0 Å². The second-order valence-electron chi connectivity index (χ2n) is 9.22. The van der Waals surface area contributed by atoms with Gasteiger partial charge in [0, 0.05) is 11.3 Å². The van der Waals surface area contributed by atoms with Crippen LogP contribution in [0, 0.1) is 22.2 Å². The maximum absolute atomic E-state index is 11.0. The summed E-state index contributed by atoms with van der Waals surface area (Å²) in [5.41, 5.74) is 1.34. The van der Waals surface area contributed by atoms with Crippen LogP contribution in [-0.4, -0.2) is 33.6 Å². The lowest BCUT2D eigenvalue weighted by Crippen LogP contribution is -2.60. The number of fused-ring (bicyclic) bond motifs is 2. The van der Waals surface area contributed by atoms with Gasteiger partial charge in [-0.05, 0) is 42.1 Å². The third kappa shape index (κ3) is 2.20. The Balaban J connectivity index is 2.17. The lowest BCUT2D eigenvalue weighted by molar-refractivity contribution is -0.129. The van der Waals surface area contributed by atoms with E-state index in [-0.39, 0.29) is 16.7 Å². The van der Waals surface area contributed by atoms with E-state index in [2.05, 4.69) is 27.4 Å². The van der Waals surface area contributed by atoms with Gasteiger partial charge < -0.3 is 15.3 Å². The summed E-state index contributed by atoms with van der Waals surface area (Å²) < 4.78 is 0. The Hall–Kier alpha value is -0.640. The van der Waals surface area contributed by atoms with Gasteiger partial charge in [0.1, 0.15) is 6.10 Å². The van der Waals surface area contributed by atoms with Crippen LogP contribution < -0.4 is 0 Å². The van der Waals surface area contributed by atoms with Crippen LogP contribution in [0.4, 0.5) is 0 Å². The summed E-state index contributed by atoms with van der Waals surface area (Å²) >= 11 is 0. The largest absolute Gasteiger partial charge is 0.390 e. The fourth-order valence-corrected chi connectivity index (χ4v) is 5.99. The minimum absolute atomic E-state index is 0.00390. The summed E-state index contributed by atoms with van der Waals surface area (Å²) in [6, 6.07) is 0. The van der Waals surface area contributed by atoms with Crippen molar-refractivity contribution in [3.8, 4) is 0 Å². The first kappa shape index (κ1) is 17.2. The maximum atomic E-state index is 11.0. The smallest absolute Gasteiger partial charge is 0.104 e. The van der Waals surface area contributed by atoms with E-state index >= 15 is 0 Å². The molecule has 0 aromatic heterocycles. The van der Waals surface area contributed by atoms with Crippen molar-refractivity contribution in [2.75, 3.05) is 0 Å². The molecule has 0 aromatic carbocycles. The SMILES string of the molecule is C=C[C@@]1(C)CCC2=C([C@H]1O)[C@H](O)[C@@H](O)[C@@H]1C(C)(C)CCC[C@]21C. The molecule has 3 nitrogen and oxygen atoms in total. The van der Waals surface area contributed by atoms with Gasteiger partial charge >= 0.3 is 0 Å². The molecule has 3 aliphatic carbocycles. The zero-order valence-corrected chi connectivity index (χ0v) is 15.0. The molecule has 6 atom stereocenters. The number of rotatable bonds is 1. The summed E-state index contributed by atoms with van der Waals surface area (Å²) in [5, 5.41) is 32.8. The van der Waals surface area contributed by atoms with E-state index in [1.165, 1.54) is 5.57 Å². The molecular formula is C20H32O3. The van der Waals surface area contributed by atoms with Crippen LogP contribution >= 0.6 is 0 Å². The highest BCUT2D eigenvalue weighted by molar-refractivity contribution is 5.39. The molecule has 0 bridgehead atoms. The molecule has 1 fully saturated rings. The summed E-state index contributed by atoms with van der Waals surface area (Å²) in [4.78, 5) is 0. The molecule has 3 heteroatoms. The quantitative estimate of drug-likeness (QED) is 0.650. The van der Waals surface area contributed by atoms with Crippen molar-refractivity contribution in [1.82, 2.24) is 0 Å². The molecule has 0 unspecified atom stereocenters. The third-order valence-corrected chi connectivity index (χ3v) is 7.37. The van der Waals surface area contributed by atoms with Gasteiger partial charge in [0.05, 0.1) is 12.2 Å². The van der Waals surface area contributed by atoms with Gasteiger partial charge in [-0.1, -0.05) is 45.8 Å². The highest BCUT2D eigenvalue weighted by atomic mass is 16.3. The van der Waals surface area contributed by atoms with Gasteiger partial charge in [-0.3, -0.25) is 0 Å². The van der Waals surface area contributed by atoms with E-state index in [0.29, 0.717) is 5.57 Å². The van der Waals surface area contributed by atoms with Crippen molar-refractivity contribution in [2.24, 2.45) is 22.2 Å². The van der Waals surface area contributed by atoms with Gasteiger partial charge in [0.15, 0.2) is 0 Å². The van der Waals surface area contributed by atoms with Gasteiger partial charge in [0.25, 0.3) is 0 Å². The molecule has 0 aliphatic heterocycles. The van der Waals surface area contributed by atoms with Crippen molar-refractivity contribution >= 4 is 0 Å². The molecule has 0 spiro atoms. The highest BCUT2D eigenvalue weighted by Crippen LogP contribution is 2.62. The number of hydrogen-bond acceptors (Lipinski definition) is 3. The van der Waals surface area contributed by atoms with Crippen LogP contribution in [-0.2, 0) is 0 Å². The van der Waals surface area contributed by atoms with Crippen molar-refractivity contribution in [3.05, 3.63) is 23.8 Å². The number of allylic oxidation sites excluding steroid dienone is 1. The first-order chi connectivity index (χ1) is 10.6. The fourth-order valence-electron chi connectivity index (χ4n) is 5.99. The molecule has 1 saturated carbocycles. The number of hydrogen-bond donors (Lipinski definition) is 3. The minimum atomic E-state index is -0.963. The molecule has 0 radical (unpaired) electrons. The van der Waals surface area contributed by atoms with E-state index in [9.17, 15) is 15.3 Å². The van der Waals surface area contributed by atoms with E-state index < -0.39 is 23.7 Å². The number of aliphatic hydroxyl groups is 3. The van der Waals surface area contributed by atoms with Crippen molar-refractivity contribution < 1.29 is 15.3 Å². The van der Waals surface area contributed by atoms with Gasteiger partial charge in [-0.2, -0.15) is 0 Å². The standard InChI is InChI=1S/C20H32O3/c1-6-19(4)11-8-12-13(17(19)23)14(21)15(22)16-18(2,3)9-7-10-20(12,16)5/h6,14-17,21-23H,1,7-11H2,2-5H3/t14-,15+,16+,17+,19-,20+/m0/s1. The lowest BCUT2D eigenvalue weighted by Gasteiger charge is -2.60. The van der Waals surface area contributed by atoms with Gasteiger partial charge in [-0.25, -0.2) is 0 Å². The number of aliphatic hydroxyl groups excluding tert-OH is 3. The Morgan fingerprint density at radius 3 is 2.30 bits per heavy atom. The van der Waals surface area contributed by atoms with Gasteiger partial charge in [-0.15, -0.1) is 6.58 Å². The Morgan fingerprint density at radius 1 is 1.04 bits per heavy atom. The molecule has 0 saturated heterocycles. The third-order valence-electron chi connectivity index (χ3n) is 7.37. The molecule has 3 N–H and O–H groups in total. The van der Waals surface area contributed by atoms with Crippen LogP contribution in [0.5, 0.6) is 0 Å². The van der Waals surface area contributed by atoms with Crippen molar-refractivity contribution in [1.29, 1.82) is 0 Å². The Bertz CT molecular complexity index is 549. The molecular weight excluding hydrogens is 288 g/mol. The molecule has 0 heterocycles. The van der Waals surface area contributed by atoms with Crippen LogP contribution in [0.3, 0.4) is 0 Å². The predicted octanol–water partition coefficient (Wildman–Crippen LogP) is 3.20. The average Bonchev–Trinajstić information content (AvgIpc) is 2.46. The zero-order valence-electron chi connectivity index (χ0n) is 15.0. The van der Waals surface area contributed by atoms with E-state index in [4.69, 9.17) is 0 Å². The molecule has 0 amide bonds. The first-order valence-electron chi connectivity index (χ1n) is 9.00. The summed E-state index contributed by atoms with van der Waals surface area (Å²) in [7, 11) is 0. The van der Waals surface area contributed by atoms with Crippen LogP contribution in [0.25, 0.3) is 0 Å². The average molecular weight is 320 g/mol. The second kappa shape index (κ2) is 5.18. The molecule has 23 heavy (non-hydrogen) atoms. The first-order valence-corrected chi connectivity index (χ1v) is 9.00. The van der Waals surface area contributed by atoms with E-state index in [1.54, 1.807) is 6.08 Å². The Morgan fingerprint density at radius 2 is 1.70 bits per heavy atom. The molecule has 3 aliphatic rings. The predicted molar refractivity (Wildman–Crippen MR) is 91.8 cm³/mol. The Kier molecular flexibility index (Phi) is 3.87. The normalized spacial score (nSPS) is 49.3. The molecule has 3 rings (SSSR count). The Labute approximate surface area is 140 Å². The zero-order chi connectivity index (χ0) is 17.2. The van der Waals surface area contributed by atoms with E-state index in [0.717, 1.165) is 32.1 Å². The van der Waals surface area contributed by atoms with Crippen LogP contribution in [0.15, 0.2) is 23.8 Å². The fraction of sp³-hybridized carbons (Fsp3) is 0.800. The monoisotopic (exact) mass is 320 g/mol. The second-order valence-corrected chi connectivity index (χ2v) is 9.22. The maximum Gasteiger partial charge on any atom is 0.104 e. The van der Waals surface area contributed by atoms with Crippen LogP contribution in [0.1, 0.15) is 59.8 Å². The minimum Gasteiger partial charge on any atom is -0.390 e. The van der Waals surface area contributed by atoms with Crippen LogP contribution in [0.2, 0.25) is 0 Å². The molecule has 130 valence electrons.